The molecule has 1 aromatic heterocycles. The van der Waals surface area contributed by atoms with Crippen molar-refractivity contribution in [2.75, 3.05) is 18.8 Å². The number of hydrogen-bond donors (Lipinski definition) is 1. The van der Waals surface area contributed by atoms with Crippen molar-refractivity contribution >= 4 is 23.6 Å². The van der Waals surface area contributed by atoms with E-state index in [1.54, 1.807) is 16.6 Å². The van der Waals surface area contributed by atoms with Gasteiger partial charge < -0.3 is 10.2 Å². The lowest BCUT2D eigenvalue weighted by molar-refractivity contribution is -0.138. The normalized spacial score (nSPS) is 18.0. The minimum Gasteiger partial charge on any atom is -0.353 e. The molecule has 1 fully saturated rings. The second kappa shape index (κ2) is 7.39. The van der Waals surface area contributed by atoms with E-state index in [9.17, 15) is 9.59 Å². The minimum atomic E-state index is -0.307. The van der Waals surface area contributed by atoms with Crippen molar-refractivity contribution in [2.24, 2.45) is 7.05 Å². The molecule has 21 heavy (non-hydrogen) atoms. The first-order valence-corrected chi connectivity index (χ1v) is 8.04. The van der Waals surface area contributed by atoms with Crippen LogP contribution in [0, 0.1) is 0 Å². The van der Waals surface area contributed by atoms with Crippen LogP contribution in [0.25, 0.3) is 0 Å². The molecule has 9 heteroatoms. The van der Waals surface area contributed by atoms with E-state index in [1.165, 1.54) is 11.8 Å². The van der Waals surface area contributed by atoms with E-state index in [1.807, 2.05) is 6.92 Å². The Morgan fingerprint density at radius 2 is 2.29 bits per heavy atom. The van der Waals surface area contributed by atoms with Gasteiger partial charge in [-0.1, -0.05) is 18.7 Å². The van der Waals surface area contributed by atoms with E-state index in [-0.39, 0.29) is 17.9 Å². The van der Waals surface area contributed by atoms with Gasteiger partial charge in [0.2, 0.25) is 17.0 Å². The molecule has 2 rings (SSSR count). The fourth-order valence-electron chi connectivity index (χ4n) is 2.32. The molecule has 0 aromatic carbocycles. The third-order valence-corrected chi connectivity index (χ3v) is 4.40. The lowest BCUT2D eigenvalue weighted by Gasteiger charge is -2.23. The zero-order chi connectivity index (χ0) is 15.2. The molecule has 2 amide bonds. The van der Waals surface area contributed by atoms with Crippen molar-refractivity contribution in [3.05, 3.63) is 0 Å². The third-order valence-electron chi connectivity index (χ3n) is 3.39. The third kappa shape index (κ3) is 3.93. The van der Waals surface area contributed by atoms with Crippen LogP contribution in [0.2, 0.25) is 0 Å². The molecule has 0 spiro atoms. The van der Waals surface area contributed by atoms with Crippen LogP contribution in [-0.2, 0) is 16.6 Å². The SMILES string of the molecule is CCC(=O)N1CCC[C@H]1C(=O)NCCSc1nnnn1C. The van der Waals surface area contributed by atoms with Crippen LogP contribution in [0.1, 0.15) is 26.2 Å². The van der Waals surface area contributed by atoms with E-state index < -0.39 is 0 Å². The summed E-state index contributed by atoms with van der Waals surface area (Å²) in [5.41, 5.74) is 0. The molecule has 0 aliphatic carbocycles. The number of carbonyl (C=O) groups excluding carboxylic acids is 2. The van der Waals surface area contributed by atoms with Gasteiger partial charge in [0, 0.05) is 32.3 Å². The number of aryl methyl sites for hydroxylation is 1. The molecule has 0 saturated carbocycles. The Bertz CT molecular complexity index is 506. The Balaban J connectivity index is 1.74. The lowest BCUT2D eigenvalue weighted by atomic mass is 10.2. The van der Waals surface area contributed by atoms with E-state index in [0.29, 0.717) is 30.4 Å². The number of rotatable bonds is 6. The van der Waals surface area contributed by atoms with Crippen molar-refractivity contribution in [1.29, 1.82) is 0 Å². The number of likely N-dealkylation sites (tertiary alicyclic amines) is 1. The minimum absolute atomic E-state index is 0.0483. The van der Waals surface area contributed by atoms with Crippen LogP contribution in [0.3, 0.4) is 0 Å². The van der Waals surface area contributed by atoms with Gasteiger partial charge >= 0.3 is 0 Å². The maximum absolute atomic E-state index is 12.1. The number of nitrogens with zero attached hydrogens (tertiary/aromatic N) is 5. The summed E-state index contributed by atoms with van der Waals surface area (Å²) in [4.78, 5) is 25.6. The molecule has 1 aromatic rings. The molecule has 1 N–H and O–H groups in total. The van der Waals surface area contributed by atoms with Crippen molar-refractivity contribution < 1.29 is 9.59 Å². The number of thioether (sulfide) groups is 1. The van der Waals surface area contributed by atoms with Gasteiger partial charge in [0.1, 0.15) is 6.04 Å². The van der Waals surface area contributed by atoms with Gasteiger partial charge in [-0.3, -0.25) is 9.59 Å². The molecule has 1 aliphatic rings. The van der Waals surface area contributed by atoms with Gasteiger partial charge in [-0.05, 0) is 23.3 Å². The average Bonchev–Trinajstić information content (AvgIpc) is 3.11. The first-order chi connectivity index (χ1) is 10.1. The number of amides is 2. The highest BCUT2D eigenvalue weighted by atomic mass is 32.2. The van der Waals surface area contributed by atoms with Gasteiger partial charge in [0.05, 0.1) is 0 Å². The monoisotopic (exact) mass is 312 g/mol. The first-order valence-electron chi connectivity index (χ1n) is 7.05. The zero-order valence-electron chi connectivity index (χ0n) is 12.3. The van der Waals surface area contributed by atoms with Gasteiger partial charge in [-0.15, -0.1) is 5.10 Å². The Morgan fingerprint density at radius 1 is 1.48 bits per heavy atom. The fraction of sp³-hybridized carbons (Fsp3) is 0.750. The van der Waals surface area contributed by atoms with Crippen molar-refractivity contribution in [3.63, 3.8) is 0 Å². The summed E-state index contributed by atoms with van der Waals surface area (Å²) in [6, 6.07) is -0.307. The van der Waals surface area contributed by atoms with Crippen molar-refractivity contribution in [3.8, 4) is 0 Å². The summed E-state index contributed by atoms with van der Waals surface area (Å²) in [6.07, 6.45) is 2.08. The van der Waals surface area contributed by atoms with Gasteiger partial charge in [-0.25, -0.2) is 4.68 Å². The molecule has 1 aliphatic heterocycles. The first kappa shape index (κ1) is 15.7. The van der Waals surface area contributed by atoms with Crippen LogP contribution in [-0.4, -0.2) is 61.8 Å². The fourth-order valence-corrected chi connectivity index (χ4v) is 3.02. The zero-order valence-corrected chi connectivity index (χ0v) is 13.1. The number of carbonyl (C=O) groups is 2. The van der Waals surface area contributed by atoms with Crippen LogP contribution in [0.15, 0.2) is 5.16 Å². The Labute approximate surface area is 127 Å². The molecule has 1 saturated heterocycles. The molecular weight excluding hydrogens is 292 g/mol. The smallest absolute Gasteiger partial charge is 0.242 e. The van der Waals surface area contributed by atoms with Crippen LogP contribution < -0.4 is 5.32 Å². The van der Waals surface area contributed by atoms with Gasteiger partial charge in [0.15, 0.2) is 0 Å². The molecule has 0 unspecified atom stereocenters. The maximum atomic E-state index is 12.1. The lowest BCUT2D eigenvalue weighted by Crippen LogP contribution is -2.46. The van der Waals surface area contributed by atoms with Crippen LogP contribution in [0.5, 0.6) is 0 Å². The van der Waals surface area contributed by atoms with Gasteiger partial charge in [0.25, 0.3) is 0 Å². The summed E-state index contributed by atoms with van der Waals surface area (Å²) in [6.45, 7) is 3.03. The van der Waals surface area contributed by atoms with Crippen LogP contribution in [0.4, 0.5) is 0 Å². The van der Waals surface area contributed by atoms with E-state index >= 15 is 0 Å². The van der Waals surface area contributed by atoms with Crippen molar-refractivity contribution in [1.82, 2.24) is 30.4 Å². The molecular formula is C12H20N6O2S. The quantitative estimate of drug-likeness (QED) is 0.578. The highest BCUT2D eigenvalue weighted by molar-refractivity contribution is 7.99. The topological polar surface area (TPSA) is 93.0 Å². The molecule has 2 heterocycles. The molecule has 0 bridgehead atoms. The molecule has 1 atom stereocenters. The highest BCUT2D eigenvalue weighted by Crippen LogP contribution is 2.18. The summed E-state index contributed by atoms with van der Waals surface area (Å²) >= 11 is 1.48. The largest absolute Gasteiger partial charge is 0.353 e. The number of aromatic nitrogens is 4. The Morgan fingerprint density at radius 3 is 2.95 bits per heavy atom. The molecule has 116 valence electrons. The standard InChI is InChI=1S/C12H20N6O2S/c1-3-10(19)18-7-4-5-9(18)11(20)13-6-8-21-12-14-15-16-17(12)2/h9H,3-8H2,1-2H3,(H,13,20)/t9-/m0/s1. The van der Waals surface area contributed by atoms with Crippen molar-refractivity contribution in [2.45, 2.75) is 37.4 Å². The summed E-state index contributed by atoms with van der Waals surface area (Å²) in [5.74, 6) is 0.673. The number of hydrogen-bond acceptors (Lipinski definition) is 6. The predicted molar refractivity (Wildman–Crippen MR) is 77.6 cm³/mol. The highest BCUT2D eigenvalue weighted by Gasteiger charge is 2.32. The number of nitrogens with one attached hydrogen (secondary N) is 1. The number of tetrazole rings is 1. The summed E-state index contributed by atoms with van der Waals surface area (Å²) in [5, 5.41) is 14.7. The van der Waals surface area contributed by atoms with E-state index in [0.717, 1.165) is 12.8 Å². The van der Waals surface area contributed by atoms with E-state index in [2.05, 4.69) is 20.8 Å². The second-order valence-electron chi connectivity index (χ2n) is 4.82. The average molecular weight is 312 g/mol. The Hall–Kier alpha value is -1.64. The maximum Gasteiger partial charge on any atom is 0.242 e. The van der Waals surface area contributed by atoms with Crippen LogP contribution >= 0.6 is 11.8 Å². The predicted octanol–water partition coefficient (Wildman–Crippen LogP) is -0.181. The Kier molecular flexibility index (Phi) is 5.54. The summed E-state index contributed by atoms with van der Waals surface area (Å²) in [7, 11) is 1.77. The molecule has 0 radical (unpaired) electrons. The summed E-state index contributed by atoms with van der Waals surface area (Å²) < 4.78 is 1.59. The molecule has 8 nitrogen and oxygen atoms in total. The van der Waals surface area contributed by atoms with Gasteiger partial charge in [-0.2, -0.15) is 0 Å². The second-order valence-corrected chi connectivity index (χ2v) is 5.89. The van der Waals surface area contributed by atoms with E-state index in [4.69, 9.17) is 0 Å².